The van der Waals surface area contributed by atoms with Crippen molar-refractivity contribution in [2.75, 3.05) is 7.05 Å². The van der Waals surface area contributed by atoms with Crippen LogP contribution in [0.5, 0.6) is 0 Å². The molecule has 5 heteroatoms. The van der Waals surface area contributed by atoms with Gasteiger partial charge >= 0.3 is 0 Å². The first kappa shape index (κ1) is 13.7. The van der Waals surface area contributed by atoms with E-state index in [-0.39, 0.29) is 40.6 Å². The second-order valence-corrected chi connectivity index (χ2v) is 5.59. The maximum absolute atomic E-state index is 12.5. The summed E-state index contributed by atoms with van der Waals surface area (Å²) in [5.74, 6) is -1.37. The smallest absolute Gasteiger partial charge is 0.261 e. The predicted octanol–water partition coefficient (Wildman–Crippen LogP) is 2.10. The maximum Gasteiger partial charge on any atom is 0.261 e. The lowest BCUT2D eigenvalue weighted by atomic mass is 9.78. The Bertz CT molecular complexity index is 704. The molecule has 21 heavy (non-hydrogen) atoms. The molecule has 1 aliphatic heterocycles. The number of carbonyl (C=O) groups is 4. The Morgan fingerprint density at radius 3 is 2.14 bits per heavy atom. The van der Waals surface area contributed by atoms with Gasteiger partial charge in [-0.05, 0) is 18.6 Å². The van der Waals surface area contributed by atoms with Crippen LogP contribution in [-0.4, -0.2) is 35.3 Å². The van der Waals surface area contributed by atoms with Crippen LogP contribution in [0.2, 0.25) is 0 Å². The van der Waals surface area contributed by atoms with E-state index in [1.165, 1.54) is 19.2 Å². The van der Waals surface area contributed by atoms with E-state index in [0.29, 0.717) is 12.0 Å². The first-order valence-corrected chi connectivity index (χ1v) is 7.03. The van der Waals surface area contributed by atoms with Crippen molar-refractivity contribution in [3.63, 3.8) is 0 Å². The molecule has 1 heterocycles. The Hall–Kier alpha value is -2.30. The molecule has 0 unspecified atom stereocenters. The molecule has 3 rings (SSSR count). The maximum atomic E-state index is 12.5. The zero-order valence-corrected chi connectivity index (χ0v) is 11.9. The molecule has 0 saturated heterocycles. The van der Waals surface area contributed by atoms with Gasteiger partial charge in [0.15, 0.2) is 11.6 Å². The van der Waals surface area contributed by atoms with Gasteiger partial charge in [-0.1, -0.05) is 13.3 Å². The van der Waals surface area contributed by atoms with Crippen molar-refractivity contribution in [2.24, 2.45) is 5.92 Å². The number of hydrogen-bond donors (Lipinski definition) is 0. The second kappa shape index (κ2) is 4.62. The minimum Gasteiger partial charge on any atom is -0.294 e. The van der Waals surface area contributed by atoms with Crippen molar-refractivity contribution in [1.82, 2.24) is 4.90 Å². The topological polar surface area (TPSA) is 71.5 Å². The number of nitrogens with zero attached hydrogens (tertiary/aromatic N) is 1. The van der Waals surface area contributed by atoms with Crippen LogP contribution < -0.4 is 0 Å². The molecule has 5 nitrogen and oxygen atoms in total. The molecule has 0 spiro atoms. The Labute approximate surface area is 121 Å². The highest BCUT2D eigenvalue weighted by atomic mass is 16.2. The summed E-state index contributed by atoms with van der Waals surface area (Å²) < 4.78 is 0. The number of ketones is 2. The van der Waals surface area contributed by atoms with Crippen molar-refractivity contribution < 1.29 is 19.2 Å². The molecule has 0 radical (unpaired) electrons. The van der Waals surface area contributed by atoms with Crippen molar-refractivity contribution in [2.45, 2.75) is 26.2 Å². The van der Waals surface area contributed by atoms with Gasteiger partial charge in [-0.2, -0.15) is 0 Å². The molecular weight excluding hydrogens is 270 g/mol. The molecule has 2 amide bonds. The summed E-state index contributed by atoms with van der Waals surface area (Å²) >= 11 is 0. The van der Waals surface area contributed by atoms with Gasteiger partial charge in [-0.25, -0.2) is 0 Å². The fraction of sp³-hybridized carbons (Fsp3) is 0.375. The van der Waals surface area contributed by atoms with E-state index in [2.05, 4.69) is 0 Å². The van der Waals surface area contributed by atoms with Crippen LogP contribution in [0.3, 0.4) is 0 Å². The Morgan fingerprint density at radius 2 is 1.57 bits per heavy atom. The SMILES string of the molecule is CCC[C@H]1CC(=O)c2cc3c(cc2C1=O)C(=O)N(C)C3=O. The molecule has 0 N–H and O–H groups in total. The van der Waals surface area contributed by atoms with Gasteiger partial charge in [0, 0.05) is 30.5 Å². The highest BCUT2D eigenvalue weighted by Crippen LogP contribution is 2.33. The molecule has 1 aromatic carbocycles. The first-order chi connectivity index (χ1) is 9.95. The van der Waals surface area contributed by atoms with E-state index in [9.17, 15) is 19.2 Å². The highest BCUT2D eigenvalue weighted by Gasteiger charge is 2.38. The van der Waals surface area contributed by atoms with Gasteiger partial charge in [0.1, 0.15) is 0 Å². The summed E-state index contributed by atoms with van der Waals surface area (Å²) in [6.45, 7) is 1.97. The van der Waals surface area contributed by atoms with Crippen molar-refractivity contribution in [3.8, 4) is 0 Å². The van der Waals surface area contributed by atoms with Crippen LogP contribution in [-0.2, 0) is 0 Å². The number of amides is 2. The number of imide groups is 1. The number of rotatable bonds is 2. The van der Waals surface area contributed by atoms with E-state index in [1.54, 1.807) is 0 Å². The molecule has 0 aromatic heterocycles. The monoisotopic (exact) mass is 285 g/mol. The van der Waals surface area contributed by atoms with Gasteiger partial charge in [0.2, 0.25) is 0 Å². The minimum atomic E-state index is -0.422. The van der Waals surface area contributed by atoms with Crippen molar-refractivity contribution >= 4 is 23.4 Å². The summed E-state index contributed by atoms with van der Waals surface area (Å²) in [5.41, 5.74) is 1.01. The average molecular weight is 285 g/mol. The third-order valence-electron chi connectivity index (χ3n) is 4.23. The molecule has 2 aliphatic rings. The van der Waals surface area contributed by atoms with Crippen LogP contribution in [0.25, 0.3) is 0 Å². The zero-order valence-electron chi connectivity index (χ0n) is 11.9. The molecule has 0 fully saturated rings. The lowest BCUT2D eigenvalue weighted by Crippen LogP contribution is -2.27. The van der Waals surface area contributed by atoms with Gasteiger partial charge in [-0.3, -0.25) is 24.1 Å². The van der Waals surface area contributed by atoms with Crippen molar-refractivity contribution in [3.05, 3.63) is 34.4 Å². The van der Waals surface area contributed by atoms with Gasteiger partial charge < -0.3 is 0 Å². The zero-order chi connectivity index (χ0) is 15.3. The van der Waals surface area contributed by atoms with Crippen LogP contribution in [0.1, 0.15) is 67.6 Å². The van der Waals surface area contributed by atoms with Crippen molar-refractivity contribution in [1.29, 1.82) is 0 Å². The Balaban J connectivity index is 2.15. The molecule has 0 bridgehead atoms. The Kier molecular flexibility index (Phi) is 3.01. The van der Waals surface area contributed by atoms with Gasteiger partial charge in [0.05, 0.1) is 11.1 Å². The third kappa shape index (κ3) is 1.84. The normalized spacial score (nSPS) is 20.9. The summed E-state index contributed by atoms with van der Waals surface area (Å²) in [5, 5.41) is 0. The van der Waals surface area contributed by atoms with E-state index >= 15 is 0 Å². The summed E-state index contributed by atoms with van der Waals surface area (Å²) in [7, 11) is 1.40. The first-order valence-electron chi connectivity index (χ1n) is 7.03. The number of carbonyl (C=O) groups excluding carboxylic acids is 4. The lowest BCUT2D eigenvalue weighted by molar-refractivity contribution is 0.0692. The summed E-state index contributed by atoms with van der Waals surface area (Å²) in [6.07, 6.45) is 1.68. The summed E-state index contributed by atoms with van der Waals surface area (Å²) in [6, 6.07) is 2.84. The minimum absolute atomic E-state index is 0.0935. The quantitative estimate of drug-likeness (QED) is 0.780. The van der Waals surface area contributed by atoms with Crippen LogP contribution in [0, 0.1) is 5.92 Å². The second-order valence-electron chi connectivity index (χ2n) is 5.59. The van der Waals surface area contributed by atoms with Gasteiger partial charge in [0.25, 0.3) is 11.8 Å². The summed E-state index contributed by atoms with van der Waals surface area (Å²) in [4.78, 5) is 49.6. The number of Topliss-reactive ketones (excluding diaryl/α,β-unsaturated/α-hetero) is 2. The average Bonchev–Trinajstić information content (AvgIpc) is 2.68. The Morgan fingerprint density at radius 1 is 1.00 bits per heavy atom. The number of hydrogen-bond acceptors (Lipinski definition) is 4. The fourth-order valence-corrected chi connectivity index (χ4v) is 3.07. The van der Waals surface area contributed by atoms with E-state index in [4.69, 9.17) is 0 Å². The van der Waals surface area contributed by atoms with E-state index in [0.717, 1.165) is 11.3 Å². The van der Waals surface area contributed by atoms with Crippen LogP contribution >= 0.6 is 0 Å². The number of benzene rings is 1. The largest absolute Gasteiger partial charge is 0.294 e. The molecule has 1 aromatic rings. The molecule has 1 aliphatic carbocycles. The fourth-order valence-electron chi connectivity index (χ4n) is 3.07. The third-order valence-corrected chi connectivity index (χ3v) is 4.23. The molecular formula is C16H15NO4. The lowest BCUT2D eigenvalue weighted by Gasteiger charge is -2.22. The van der Waals surface area contributed by atoms with E-state index < -0.39 is 11.8 Å². The number of fused-ring (bicyclic) bond motifs is 2. The molecule has 108 valence electrons. The van der Waals surface area contributed by atoms with Gasteiger partial charge in [-0.15, -0.1) is 0 Å². The standard InChI is InChI=1S/C16H15NO4/c1-3-4-8-5-13(18)9-6-11-12(7-10(9)14(8)19)16(21)17(2)15(11)20/h6-8H,3-5H2,1-2H3/t8-/m0/s1. The van der Waals surface area contributed by atoms with E-state index in [1.807, 2.05) is 6.92 Å². The predicted molar refractivity (Wildman–Crippen MR) is 74.5 cm³/mol. The highest BCUT2D eigenvalue weighted by molar-refractivity contribution is 6.24. The molecule has 1 atom stereocenters. The molecule has 0 saturated carbocycles. The van der Waals surface area contributed by atoms with Crippen LogP contribution in [0.15, 0.2) is 12.1 Å². The van der Waals surface area contributed by atoms with Crippen LogP contribution in [0.4, 0.5) is 0 Å².